The minimum absolute atomic E-state index is 0.0814. The first-order valence-corrected chi connectivity index (χ1v) is 6.54. The first-order chi connectivity index (χ1) is 9.47. The summed E-state index contributed by atoms with van der Waals surface area (Å²) in [6.07, 6.45) is 6.43. The van der Waals surface area contributed by atoms with Crippen LogP contribution in [0.3, 0.4) is 0 Å². The van der Waals surface area contributed by atoms with Gasteiger partial charge in [0.2, 0.25) is 0 Å². The summed E-state index contributed by atoms with van der Waals surface area (Å²) in [5, 5.41) is 14.2. The Morgan fingerprint density at radius 2 is 2.25 bits per heavy atom. The van der Waals surface area contributed by atoms with Crippen LogP contribution in [0.4, 0.5) is 0 Å². The van der Waals surface area contributed by atoms with Crippen LogP contribution in [0.2, 0.25) is 0 Å². The number of hydrogen-bond donors (Lipinski definition) is 0. The molecule has 6 nitrogen and oxygen atoms in total. The minimum Gasteiger partial charge on any atom is -0.771 e. The van der Waals surface area contributed by atoms with E-state index in [0.29, 0.717) is 11.4 Å². The zero-order valence-electron chi connectivity index (χ0n) is 12.6. The van der Waals surface area contributed by atoms with E-state index >= 15 is 0 Å². The monoisotopic (exact) mass is 276 g/mol. The van der Waals surface area contributed by atoms with Crippen LogP contribution >= 0.6 is 0 Å². The summed E-state index contributed by atoms with van der Waals surface area (Å²) in [7, 11) is 3.74. The predicted octanol–water partition coefficient (Wildman–Crippen LogP) is 2.37. The Hall–Kier alpha value is -2.11. The zero-order chi connectivity index (χ0) is 15.1. The minimum atomic E-state index is -0.0965. The van der Waals surface area contributed by atoms with Gasteiger partial charge in [-0.3, -0.25) is 0 Å². The van der Waals surface area contributed by atoms with E-state index in [1.807, 2.05) is 32.0 Å². The van der Waals surface area contributed by atoms with E-state index in [1.165, 1.54) is 6.33 Å². The second kappa shape index (κ2) is 7.47. The Labute approximate surface area is 120 Å². The van der Waals surface area contributed by atoms with Gasteiger partial charge in [0, 0.05) is 25.6 Å². The van der Waals surface area contributed by atoms with Gasteiger partial charge in [-0.15, -0.1) is 6.58 Å². The van der Waals surface area contributed by atoms with Crippen molar-refractivity contribution in [3.05, 3.63) is 36.3 Å². The molecule has 0 aliphatic heterocycles. The van der Waals surface area contributed by atoms with Crippen molar-refractivity contribution in [3.8, 4) is 0 Å². The van der Waals surface area contributed by atoms with Gasteiger partial charge in [0.15, 0.2) is 0 Å². The van der Waals surface area contributed by atoms with Gasteiger partial charge in [-0.25, -0.2) is 9.67 Å². The summed E-state index contributed by atoms with van der Waals surface area (Å²) >= 11 is 0. The second-order valence-electron chi connectivity index (χ2n) is 4.78. The lowest BCUT2D eigenvalue weighted by atomic mass is 10.2. The molecule has 0 amide bonds. The van der Waals surface area contributed by atoms with Gasteiger partial charge in [-0.1, -0.05) is 6.08 Å². The fourth-order valence-corrected chi connectivity index (χ4v) is 1.82. The normalized spacial score (nSPS) is 13.4. The van der Waals surface area contributed by atoms with Gasteiger partial charge < -0.3 is 15.0 Å². The molecule has 20 heavy (non-hydrogen) atoms. The summed E-state index contributed by atoms with van der Waals surface area (Å²) < 4.78 is 7.11. The molecule has 0 aromatic carbocycles. The quantitative estimate of drug-likeness (QED) is 0.435. The fourth-order valence-electron chi connectivity index (χ4n) is 1.82. The van der Waals surface area contributed by atoms with Crippen LogP contribution in [-0.4, -0.2) is 45.8 Å². The van der Waals surface area contributed by atoms with E-state index in [-0.39, 0.29) is 12.0 Å². The third-order valence-electron chi connectivity index (χ3n) is 2.81. The van der Waals surface area contributed by atoms with E-state index in [4.69, 9.17) is 4.74 Å². The van der Waals surface area contributed by atoms with Crippen LogP contribution in [0.25, 0.3) is 11.2 Å². The van der Waals surface area contributed by atoms with Crippen molar-refractivity contribution >= 4 is 11.7 Å². The van der Waals surface area contributed by atoms with E-state index < -0.39 is 0 Å². The highest BCUT2D eigenvalue weighted by Crippen LogP contribution is 2.15. The third-order valence-corrected chi connectivity index (χ3v) is 2.81. The molecule has 1 unspecified atom stereocenters. The molecule has 1 atom stereocenters. The first kappa shape index (κ1) is 15.9. The summed E-state index contributed by atoms with van der Waals surface area (Å²) in [6, 6.07) is 0. The van der Waals surface area contributed by atoms with Crippen molar-refractivity contribution in [2.45, 2.75) is 32.8 Å². The Kier molecular flexibility index (Phi) is 5.96. The highest BCUT2D eigenvalue weighted by molar-refractivity contribution is 6.00. The van der Waals surface area contributed by atoms with Gasteiger partial charge in [-0.2, -0.15) is 5.10 Å². The van der Waals surface area contributed by atoms with Crippen LogP contribution in [0.1, 0.15) is 26.7 Å². The fraction of sp³-hybridized carbons (Fsp3) is 0.500. The standard InChI is InChI=1S/C14H22N5O/c1-6-7-8-11(2)20-13(15)12(3)14(18(4)5)19-10-16-9-17-19/h6,9-11H,1,7-8H2,2-5H3/q-1/b14-12+. The summed E-state index contributed by atoms with van der Waals surface area (Å²) in [5.74, 6) is 0.608. The molecule has 110 valence electrons. The number of aromatic nitrogens is 3. The number of hydrogen-bond acceptors (Lipinski definition) is 4. The molecule has 0 spiro atoms. The highest BCUT2D eigenvalue weighted by Gasteiger charge is 2.11. The molecule has 0 radical (unpaired) electrons. The predicted molar refractivity (Wildman–Crippen MR) is 80.9 cm³/mol. The Bertz CT molecular complexity index is 476. The molecular weight excluding hydrogens is 254 g/mol. The molecule has 0 bridgehead atoms. The number of ether oxygens (including phenoxy) is 1. The lowest BCUT2D eigenvalue weighted by Gasteiger charge is -2.26. The molecule has 1 heterocycles. The highest BCUT2D eigenvalue weighted by atomic mass is 16.5. The van der Waals surface area contributed by atoms with Gasteiger partial charge >= 0.3 is 0 Å². The van der Waals surface area contributed by atoms with E-state index in [0.717, 1.165) is 12.8 Å². The molecular formula is C14H22N5O-. The van der Waals surface area contributed by atoms with Crippen molar-refractivity contribution in [2.75, 3.05) is 14.1 Å². The van der Waals surface area contributed by atoms with Crippen LogP contribution in [0.15, 0.2) is 30.9 Å². The van der Waals surface area contributed by atoms with Crippen LogP contribution in [0, 0.1) is 0 Å². The Morgan fingerprint density at radius 1 is 1.55 bits per heavy atom. The zero-order valence-corrected chi connectivity index (χ0v) is 12.6. The molecule has 0 saturated heterocycles. The van der Waals surface area contributed by atoms with Crippen molar-refractivity contribution in [1.29, 1.82) is 0 Å². The molecule has 0 aliphatic rings. The van der Waals surface area contributed by atoms with Crippen LogP contribution < -0.4 is 0 Å². The molecule has 1 rings (SSSR count). The summed E-state index contributed by atoms with van der Waals surface area (Å²) in [5.41, 5.74) is 0.603. The van der Waals surface area contributed by atoms with Crippen LogP contribution in [0.5, 0.6) is 0 Å². The van der Waals surface area contributed by atoms with E-state index in [9.17, 15) is 5.41 Å². The number of rotatable bonds is 7. The lowest BCUT2D eigenvalue weighted by Crippen LogP contribution is -2.23. The van der Waals surface area contributed by atoms with Crippen molar-refractivity contribution in [2.24, 2.45) is 0 Å². The maximum Gasteiger partial charge on any atom is 0.138 e. The molecule has 0 aliphatic carbocycles. The lowest BCUT2D eigenvalue weighted by molar-refractivity contribution is 0.202. The average Bonchev–Trinajstić information content (AvgIpc) is 2.89. The molecule has 0 fully saturated rings. The molecule has 6 heteroatoms. The molecule has 1 aromatic heterocycles. The van der Waals surface area contributed by atoms with Crippen molar-refractivity contribution in [3.63, 3.8) is 0 Å². The molecule has 1 aromatic rings. The molecule has 0 N–H and O–H groups in total. The van der Waals surface area contributed by atoms with Gasteiger partial charge in [0.1, 0.15) is 18.5 Å². The van der Waals surface area contributed by atoms with E-state index in [2.05, 4.69) is 16.7 Å². The van der Waals surface area contributed by atoms with Gasteiger partial charge in [0.05, 0.1) is 6.10 Å². The van der Waals surface area contributed by atoms with Gasteiger partial charge in [-0.05, 0) is 26.7 Å². The summed E-state index contributed by atoms with van der Waals surface area (Å²) in [4.78, 5) is 5.76. The average molecular weight is 276 g/mol. The molecule has 0 saturated carbocycles. The second-order valence-corrected chi connectivity index (χ2v) is 4.78. The van der Waals surface area contributed by atoms with E-state index in [1.54, 1.807) is 17.9 Å². The smallest absolute Gasteiger partial charge is 0.138 e. The Morgan fingerprint density at radius 3 is 2.75 bits per heavy atom. The maximum atomic E-state index is 10.1. The first-order valence-electron chi connectivity index (χ1n) is 6.54. The number of nitrogens with zero attached hydrogens (tertiary/aromatic N) is 5. The SMILES string of the molecule is C=CCCC(C)OC(=[N-])/C(C)=C(\N(C)C)n1cncn1. The van der Waals surface area contributed by atoms with Crippen molar-refractivity contribution in [1.82, 2.24) is 19.7 Å². The largest absolute Gasteiger partial charge is 0.771 e. The summed E-state index contributed by atoms with van der Waals surface area (Å²) in [6.45, 7) is 7.37. The number of allylic oxidation sites excluding steroid dienone is 1. The Balaban J connectivity index is 2.87. The third kappa shape index (κ3) is 4.22. The van der Waals surface area contributed by atoms with Crippen molar-refractivity contribution < 1.29 is 4.74 Å². The topological polar surface area (TPSA) is 65.5 Å². The van der Waals surface area contributed by atoms with Gasteiger partial charge in [0.25, 0.3) is 0 Å². The van der Waals surface area contributed by atoms with Crippen LogP contribution in [-0.2, 0) is 4.74 Å². The maximum absolute atomic E-state index is 10.1.